The molecule has 7 nitrogen and oxygen atoms in total. The van der Waals surface area contributed by atoms with Crippen LogP contribution in [0.4, 0.5) is 0 Å². The monoisotopic (exact) mass is 416 g/mol. The summed E-state index contributed by atoms with van der Waals surface area (Å²) in [6, 6.07) is 5.70. The number of esters is 1. The number of hydrogen-bond acceptors (Lipinski definition) is 5. The van der Waals surface area contributed by atoms with Crippen molar-refractivity contribution in [1.29, 1.82) is 0 Å². The fraction of sp³-hybridized carbons (Fsp3) is 0.556. The lowest BCUT2D eigenvalue weighted by Crippen LogP contribution is -2.56. The number of carbonyl (C=O) groups is 2. The number of nitrogens with one attached hydrogen (secondary N) is 2. The van der Waals surface area contributed by atoms with Crippen LogP contribution >= 0.6 is 11.6 Å². The van der Waals surface area contributed by atoms with Crippen LogP contribution in [0.5, 0.6) is 0 Å². The molecule has 1 aromatic rings. The van der Waals surface area contributed by atoms with E-state index in [1.54, 1.807) is 0 Å². The number of ether oxygens (including phenoxy) is 1. The summed E-state index contributed by atoms with van der Waals surface area (Å²) in [7, 11) is -3.94. The Bertz CT molecular complexity index is 758. The van der Waals surface area contributed by atoms with E-state index in [9.17, 15) is 18.0 Å². The van der Waals surface area contributed by atoms with Crippen molar-refractivity contribution >= 4 is 33.5 Å². The number of hydrogen-bond donors (Lipinski definition) is 2. The highest BCUT2D eigenvalue weighted by Gasteiger charge is 2.44. The fourth-order valence-corrected chi connectivity index (χ4v) is 4.56. The van der Waals surface area contributed by atoms with Crippen LogP contribution < -0.4 is 10.0 Å². The topological polar surface area (TPSA) is 102 Å². The lowest BCUT2D eigenvalue weighted by Gasteiger charge is -2.35. The van der Waals surface area contributed by atoms with E-state index in [1.165, 1.54) is 24.3 Å². The van der Waals surface area contributed by atoms with Crippen LogP contribution in [0, 0.1) is 0 Å². The summed E-state index contributed by atoms with van der Waals surface area (Å²) >= 11 is 5.81. The lowest BCUT2D eigenvalue weighted by molar-refractivity contribution is -0.155. The Kier molecular flexibility index (Phi) is 7.64. The van der Waals surface area contributed by atoms with E-state index in [0.29, 0.717) is 37.3 Å². The van der Waals surface area contributed by atoms with Crippen molar-refractivity contribution in [2.75, 3.05) is 13.2 Å². The highest BCUT2D eigenvalue weighted by atomic mass is 35.5. The fourth-order valence-electron chi connectivity index (χ4n) is 3.02. The minimum absolute atomic E-state index is 0.0188. The lowest BCUT2D eigenvalue weighted by atomic mass is 9.82. The van der Waals surface area contributed by atoms with Gasteiger partial charge in [0.15, 0.2) is 6.61 Å². The van der Waals surface area contributed by atoms with Gasteiger partial charge in [-0.3, -0.25) is 9.59 Å². The Morgan fingerprint density at radius 2 is 1.78 bits per heavy atom. The first-order valence-electron chi connectivity index (χ1n) is 9.02. The van der Waals surface area contributed by atoms with Crippen LogP contribution in [-0.2, 0) is 24.3 Å². The van der Waals surface area contributed by atoms with E-state index < -0.39 is 34.0 Å². The van der Waals surface area contributed by atoms with Gasteiger partial charge in [-0.15, -0.1) is 0 Å². The van der Waals surface area contributed by atoms with Crippen LogP contribution in [0.1, 0.15) is 45.4 Å². The highest BCUT2D eigenvalue weighted by Crippen LogP contribution is 2.31. The van der Waals surface area contributed by atoms with Crippen molar-refractivity contribution in [3.05, 3.63) is 29.3 Å². The molecule has 1 saturated carbocycles. The molecule has 2 N–H and O–H groups in total. The molecular weight excluding hydrogens is 392 g/mol. The third-order valence-electron chi connectivity index (χ3n) is 4.46. The molecule has 0 unspecified atom stereocenters. The van der Waals surface area contributed by atoms with Crippen molar-refractivity contribution in [3.63, 3.8) is 0 Å². The molecule has 0 atom stereocenters. The van der Waals surface area contributed by atoms with Crippen LogP contribution in [-0.4, -0.2) is 39.0 Å². The minimum Gasteiger partial charge on any atom is -0.454 e. The zero-order chi connectivity index (χ0) is 19.9. The average molecular weight is 417 g/mol. The molecule has 9 heteroatoms. The quantitative estimate of drug-likeness (QED) is 0.633. The first kappa shape index (κ1) is 21.7. The summed E-state index contributed by atoms with van der Waals surface area (Å²) in [6.07, 6.45) is 3.73. The number of rotatable bonds is 8. The second-order valence-corrected chi connectivity index (χ2v) is 8.75. The van der Waals surface area contributed by atoms with Gasteiger partial charge in [-0.1, -0.05) is 37.8 Å². The van der Waals surface area contributed by atoms with Gasteiger partial charge < -0.3 is 10.1 Å². The van der Waals surface area contributed by atoms with Crippen molar-refractivity contribution in [2.45, 2.75) is 55.9 Å². The van der Waals surface area contributed by atoms with E-state index in [-0.39, 0.29) is 4.90 Å². The van der Waals surface area contributed by atoms with Gasteiger partial charge >= 0.3 is 5.97 Å². The first-order chi connectivity index (χ1) is 12.8. The maximum absolute atomic E-state index is 12.8. The summed E-state index contributed by atoms with van der Waals surface area (Å²) in [4.78, 5) is 24.4. The number of benzene rings is 1. The van der Waals surface area contributed by atoms with Crippen LogP contribution in [0.15, 0.2) is 29.2 Å². The smallest absolute Gasteiger partial charge is 0.327 e. The largest absolute Gasteiger partial charge is 0.454 e. The third kappa shape index (κ3) is 5.92. The molecule has 0 radical (unpaired) electrons. The minimum atomic E-state index is -3.94. The first-order valence-corrected chi connectivity index (χ1v) is 10.9. The SMILES string of the molecule is CCCNC(=O)COC(=O)C1(NS(=O)(=O)c2ccc(Cl)cc2)CCCCC1. The van der Waals surface area contributed by atoms with E-state index in [1.807, 2.05) is 6.92 Å². The Balaban J connectivity index is 2.14. The van der Waals surface area contributed by atoms with Crippen molar-refractivity contribution in [3.8, 4) is 0 Å². The predicted molar refractivity (Wildman–Crippen MR) is 102 cm³/mol. The molecule has 150 valence electrons. The summed E-state index contributed by atoms with van der Waals surface area (Å²) in [5.74, 6) is -1.12. The van der Waals surface area contributed by atoms with Gasteiger partial charge in [0, 0.05) is 11.6 Å². The van der Waals surface area contributed by atoms with E-state index >= 15 is 0 Å². The Labute approximate surface area is 164 Å². The molecule has 1 amide bonds. The van der Waals surface area contributed by atoms with Gasteiger partial charge in [0.2, 0.25) is 10.0 Å². The number of sulfonamides is 1. The standard InChI is InChI=1S/C18H25ClN2O5S/c1-2-12-20-16(22)13-26-17(23)18(10-4-3-5-11-18)21-27(24,25)15-8-6-14(19)7-9-15/h6-9,21H,2-5,10-13H2,1H3,(H,20,22). The molecule has 1 fully saturated rings. The number of halogens is 1. The molecule has 1 aliphatic carbocycles. The number of amides is 1. The normalized spacial score (nSPS) is 16.5. The van der Waals surface area contributed by atoms with E-state index in [2.05, 4.69) is 10.0 Å². The Morgan fingerprint density at radius 3 is 2.37 bits per heavy atom. The maximum Gasteiger partial charge on any atom is 0.327 e. The van der Waals surface area contributed by atoms with Gasteiger partial charge in [-0.25, -0.2) is 8.42 Å². The van der Waals surface area contributed by atoms with E-state index in [4.69, 9.17) is 16.3 Å². The number of carbonyl (C=O) groups excluding carboxylic acids is 2. The van der Waals surface area contributed by atoms with Crippen molar-refractivity contribution in [1.82, 2.24) is 10.0 Å². The van der Waals surface area contributed by atoms with Crippen molar-refractivity contribution < 1.29 is 22.7 Å². The predicted octanol–water partition coefficient (Wildman–Crippen LogP) is 2.39. The highest BCUT2D eigenvalue weighted by molar-refractivity contribution is 7.89. The Morgan fingerprint density at radius 1 is 1.15 bits per heavy atom. The second-order valence-electron chi connectivity index (χ2n) is 6.63. The summed E-state index contributed by atoms with van der Waals surface area (Å²) in [5, 5.41) is 3.03. The Hall–Kier alpha value is -1.64. The molecule has 0 aliphatic heterocycles. The van der Waals surface area contributed by atoms with E-state index in [0.717, 1.165) is 12.8 Å². The van der Waals surface area contributed by atoms with Gasteiger partial charge in [-0.05, 0) is 43.5 Å². The molecule has 0 heterocycles. The van der Waals surface area contributed by atoms with Gasteiger partial charge in [-0.2, -0.15) is 4.72 Å². The molecule has 0 aromatic heterocycles. The molecule has 1 aromatic carbocycles. The van der Waals surface area contributed by atoms with Crippen LogP contribution in [0.3, 0.4) is 0 Å². The second kappa shape index (κ2) is 9.52. The molecule has 2 rings (SSSR count). The van der Waals surface area contributed by atoms with Gasteiger partial charge in [0.1, 0.15) is 5.54 Å². The van der Waals surface area contributed by atoms with Crippen LogP contribution in [0.25, 0.3) is 0 Å². The van der Waals surface area contributed by atoms with Crippen LogP contribution in [0.2, 0.25) is 5.02 Å². The molecule has 0 spiro atoms. The summed E-state index contributed by atoms with van der Waals surface area (Å²) < 4.78 is 33.2. The van der Waals surface area contributed by atoms with Gasteiger partial charge in [0.05, 0.1) is 4.90 Å². The zero-order valence-corrected chi connectivity index (χ0v) is 16.9. The average Bonchev–Trinajstić information content (AvgIpc) is 2.65. The molecular formula is C18H25ClN2O5S. The molecule has 0 saturated heterocycles. The molecule has 27 heavy (non-hydrogen) atoms. The third-order valence-corrected chi connectivity index (χ3v) is 6.26. The molecule has 0 bridgehead atoms. The van der Waals surface area contributed by atoms with Crippen molar-refractivity contribution in [2.24, 2.45) is 0 Å². The maximum atomic E-state index is 12.8. The molecule has 1 aliphatic rings. The zero-order valence-electron chi connectivity index (χ0n) is 15.3. The van der Waals surface area contributed by atoms with Gasteiger partial charge in [0.25, 0.3) is 5.91 Å². The summed E-state index contributed by atoms with van der Waals surface area (Å²) in [6.45, 7) is 1.98. The summed E-state index contributed by atoms with van der Waals surface area (Å²) in [5.41, 5.74) is -1.36.